The average molecular weight is 631 g/mol. The number of fused-ring (bicyclic) bond motifs is 2. The lowest BCUT2D eigenvalue weighted by Gasteiger charge is -2.38. The summed E-state index contributed by atoms with van der Waals surface area (Å²) in [6.07, 6.45) is 15.1. The van der Waals surface area contributed by atoms with E-state index in [2.05, 4.69) is 26.4 Å². The molecule has 2 saturated heterocycles. The largest absolute Gasteiger partial charge is 0.393 e. The van der Waals surface area contributed by atoms with Crippen molar-refractivity contribution >= 4 is 11.7 Å². The third-order valence-electron chi connectivity index (χ3n) is 10.5. The number of rotatable bonds is 9. The van der Waals surface area contributed by atoms with Crippen LogP contribution in [0, 0.1) is 23.2 Å². The van der Waals surface area contributed by atoms with Crippen LogP contribution in [0.15, 0.2) is 67.3 Å². The van der Waals surface area contributed by atoms with Crippen LogP contribution in [0.1, 0.15) is 79.9 Å². The van der Waals surface area contributed by atoms with E-state index in [9.17, 15) is 15.2 Å². The molecule has 47 heavy (non-hydrogen) atoms. The Bertz CT molecular complexity index is 1710. The molecule has 2 N–H and O–H groups in total. The van der Waals surface area contributed by atoms with Gasteiger partial charge >= 0.3 is 0 Å². The van der Waals surface area contributed by atoms with Crippen molar-refractivity contribution in [3.8, 4) is 17.2 Å². The van der Waals surface area contributed by atoms with Gasteiger partial charge in [0.05, 0.1) is 30.1 Å². The van der Waals surface area contributed by atoms with Gasteiger partial charge in [0.2, 0.25) is 5.91 Å². The molecule has 1 amide bonds. The fourth-order valence-corrected chi connectivity index (χ4v) is 8.08. The van der Waals surface area contributed by atoms with Gasteiger partial charge in [-0.15, -0.1) is 0 Å². The summed E-state index contributed by atoms with van der Waals surface area (Å²) in [6, 6.07) is 16.8. The molecule has 2 aliphatic heterocycles. The summed E-state index contributed by atoms with van der Waals surface area (Å²) >= 11 is 0. The summed E-state index contributed by atoms with van der Waals surface area (Å²) in [7, 11) is 1.89. The number of benzene rings is 1. The van der Waals surface area contributed by atoms with Crippen LogP contribution in [0.4, 0.5) is 5.82 Å². The van der Waals surface area contributed by atoms with Crippen molar-refractivity contribution in [1.82, 2.24) is 30.0 Å². The zero-order chi connectivity index (χ0) is 32.3. The van der Waals surface area contributed by atoms with Crippen LogP contribution < -0.4 is 10.2 Å². The fourth-order valence-electron chi connectivity index (χ4n) is 8.08. The highest BCUT2D eigenvalue weighted by Gasteiger charge is 2.42. The summed E-state index contributed by atoms with van der Waals surface area (Å²) < 4.78 is 1.77. The number of aryl methyl sites for hydroxylation is 1. The van der Waals surface area contributed by atoms with E-state index in [4.69, 9.17) is 9.97 Å². The van der Waals surface area contributed by atoms with Crippen molar-refractivity contribution in [2.75, 3.05) is 4.90 Å². The number of hydrogen-bond acceptors (Lipinski definition) is 8. The number of anilines is 1. The number of carbonyl (C=O) groups excluding carboxylic acids is 1. The lowest BCUT2D eigenvalue weighted by atomic mass is 9.73. The predicted molar refractivity (Wildman–Crippen MR) is 178 cm³/mol. The Hall–Kier alpha value is -4.62. The maximum Gasteiger partial charge on any atom is 0.229 e. The van der Waals surface area contributed by atoms with E-state index in [1.165, 1.54) is 0 Å². The second kappa shape index (κ2) is 13.6. The molecule has 1 aromatic carbocycles. The molecule has 10 heteroatoms. The molecule has 3 unspecified atom stereocenters. The number of aliphatic hydroxyl groups excluding tert-OH is 1. The van der Waals surface area contributed by atoms with Crippen LogP contribution in [0.5, 0.6) is 0 Å². The normalized spacial score (nSPS) is 24.4. The number of nitrogens with zero attached hydrogens (tertiary/aromatic N) is 7. The molecule has 0 spiro atoms. The number of carbonyl (C=O) groups is 1. The zero-order valence-electron chi connectivity index (χ0n) is 26.9. The van der Waals surface area contributed by atoms with E-state index in [1.807, 2.05) is 68.1 Å². The van der Waals surface area contributed by atoms with E-state index >= 15 is 0 Å². The Balaban J connectivity index is 1.05. The molecular weight excluding hydrogens is 588 g/mol. The lowest BCUT2D eigenvalue weighted by molar-refractivity contribution is -0.124. The highest BCUT2D eigenvalue weighted by molar-refractivity contribution is 5.83. The maximum absolute atomic E-state index is 13.8. The summed E-state index contributed by atoms with van der Waals surface area (Å²) in [5.41, 5.74) is 4.35. The van der Waals surface area contributed by atoms with Gasteiger partial charge in [0, 0.05) is 55.6 Å². The summed E-state index contributed by atoms with van der Waals surface area (Å²) in [5.74, 6) is 1.76. The van der Waals surface area contributed by atoms with Gasteiger partial charge in [0.15, 0.2) is 5.82 Å². The van der Waals surface area contributed by atoms with Gasteiger partial charge in [-0.1, -0.05) is 36.4 Å². The zero-order valence-corrected chi connectivity index (χ0v) is 26.9. The van der Waals surface area contributed by atoms with E-state index in [0.717, 1.165) is 91.8 Å². The first-order chi connectivity index (χ1) is 22.9. The number of aliphatic hydroxyl groups is 1. The van der Waals surface area contributed by atoms with Gasteiger partial charge in [0.1, 0.15) is 17.5 Å². The first-order valence-corrected chi connectivity index (χ1v) is 16.9. The van der Waals surface area contributed by atoms with Crippen molar-refractivity contribution in [3.05, 3.63) is 89.9 Å². The minimum atomic E-state index is -0.342. The van der Waals surface area contributed by atoms with Crippen molar-refractivity contribution < 1.29 is 9.90 Å². The second-order valence-electron chi connectivity index (χ2n) is 13.6. The van der Waals surface area contributed by atoms with Crippen LogP contribution in [0.25, 0.3) is 11.1 Å². The van der Waals surface area contributed by atoms with Crippen LogP contribution in [0.3, 0.4) is 0 Å². The van der Waals surface area contributed by atoms with Crippen LogP contribution in [0.2, 0.25) is 0 Å². The number of aromatic nitrogens is 5. The molecule has 1 saturated carbocycles. The molecule has 3 aliphatic rings. The Morgan fingerprint density at radius 1 is 0.979 bits per heavy atom. The smallest absolute Gasteiger partial charge is 0.229 e. The third kappa shape index (κ3) is 6.77. The van der Waals surface area contributed by atoms with Crippen LogP contribution in [-0.2, 0) is 24.8 Å². The number of nitrogens with one attached hydrogen (secondary N) is 1. The van der Waals surface area contributed by atoms with Gasteiger partial charge in [-0.3, -0.25) is 14.5 Å². The van der Waals surface area contributed by atoms with Crippen molar-refractivity contribution in [1.29, 1.82) is 5.26 Å². The molecule has 5 heterocycles. The molecular formula is C37H42N8O2. The van der Waals surface area contributed by atoms with Crippen molar-refractivity contribution in [2.45, 2.75) is 88.4 Å². The molecule has 1 aliphatic carbocycles. The Morgan fingerprint density at radius 2 is 1.74 bits per heavy atom. The third-order valence-corrected chi connectivity index (χ3v) is 10.5. The number of amides is 1. The molecule has 10 nitrogen and oxygen atoms in total. The van der Waals surface area contributed by atoms with Gasteiger partial charge in [-0.25, -0.2) is 9.97 Å². The molecule has 3 atom stereocenters. The predicted octanol–water partition coefficient (Wildman–Crippen LogP) is 5.08. The molecule has 4 aromatic rings. The second-order valence-corrected chi connectivity index (χ2v) is 13.6. The molecule has 2 bridgehead atoms. The molecule has 7 rings (SSSR count). The van der Waals surface area contributed by atoms with E-state index in [-0.39, 0.29) is 35.9 Å². The monoisotopic (exact) mass is 630 g/mol. The van der Waals surface area contributed by atoms with E-state index < -0.39 is 0 Å². The van der Waals surface area contributed by atoms with Crippen molar-refractivity contribution in [2.24, 2.45) is 18.9 Å². The minimum Gasteiger partial charge on any atom is -0.393 e. The Kier molecular flexibility index (Phi) is 8.99. The van der Waals surface area contributed by atoms with Crippen LogP contribution in [-0.4, -0.2) is 53.9 Å². The highest BCUT2D eigenvalue weighted by Crippen LogP contribution is 2.41. The molecule has 242 valence electrons. The number of piperidine rings is 1. The Labute approximate surface area is 275 Å². The number of nitriles is 1. The van der Waals surface area contributed by atoms with Gasteiger partial charge in [0.25, 0.3) is 0 Å². The van der Waals surface area contributed by atoms with Crippen LogP contribution >= 0.6 is 0 Å². The molecule has 0 radical (unpaired) electrons. The van der Waals surface area contributed by atoms with E-state index in [0.29, 0.717) is 18.0 Å². The molecule has 3 aromatic heterocycles. The first kappa shape index (κ1) is 31.0. The standard InChI is InChI=1S/C37H42N8O2/c1-44-23-29(22-42-44)27-11-14-33(39-20-27)35(37(47)41-19-25-5-3-2-4-6-25)26-9-7-24(8-10-26)15-34-40-21-28(18-38)36(43-34)45-30-12-13-31(45)17-32(46)16-30/h2-6,11,14,20-24,26,30-32,35,46H,7-10,12-13,15-17,19H2,1H3,(H,41,47)/t24-,26-,30?,31?,32?,35?. The molecule has 3 fully saturated rings. The number of pyridine rings is 1. The van der Waals surface area contributed by atoms with Crippen molar-refractivity contribution in [3.63, 3.8) is 0 Å². The SMILES string of the molecule is Cn1cc(-c2ccc(C(C(=O)NCc3ccccc3)[C@H]3CC[C@H](Cc4ncc(C#N)c(N5C6CCC5CC(O)C6)n4)CC3)nc2)cn1. The van der Waals surface area contributed by atoms with Gasteiger partial charge < -0.3 is 15.3 Å². The van der Waals surface area contributed by atoms with Gasteiger partial charge in [-0.05, 0) is 74.8 Å². The summed E-state index contributed by atoms with van der Waals surface area (Å²) in [4.78, 5) is 30.6. The first-order valence-electron chi connectivity index (χ1n) is 16.9. The van der Waals surface area contributed by atoms with E-state index in [1.54, 1.807) is 10.9 Å². The Morgan fingerprint density at radius 3 is 2.40 bits per heavy atom. The highest BCUT2D eigenvalue weighted by atomic mass is 16.3. The maximum atomic E-state index is 13.8. The average Bonchev–Trinajstić information content (AvgIpc) is 3.65. The fraction of sp³-hybridized carbons (Fsp3) is 0.459. The summed E-state index contributed by atoms with van der Waals surface area (Å²) in [5, 5.41) is 27.6. The lowest BCUT2D eigenvalue weighted by Crippen LogP contribution is -2.45. The summed E-state index contributed by atoms with van der Waals surface area (Å²) in [6.45, 7) is 0.481. The van der Waals surface area contributed by atoms with Gasteiger partial charge in [-0.2, -0.15) is 10.4 Å². The minimum absolute atomic E-state index is 0.0141. The topological polar surface area (TPSA) is 133 Å². The number of hydrogen-bond donors (Lipinski definition) is 2. The quantitative estimate of drug-likeness (QED) is 0.262.